The second kappa shape index (κ2) is 18.2. The highest BCUT2D eigenvalue weighted by atomic mass is 16.3. The number of rotatable bonds is 1. The predicted molar refractivity (Wildman–Crippen MR) is 26.8 cm³/mol. The number of hydrogen-bond acceptors (Lipinski definition) is 3. The third-order valence-corrected chi connectivity index (χ3v) is 0.250. The van der Waals surface area contributed by atoms with Crippen molar-refractivity contribution < 1.29 is 9.90 Å². The van der Waals surface area contributed by atoms with Gasteiger partial charge in [0.25, 0.3) is 6.47 Å². The van der Waals surface area contributed by atoms with E-state index in [1.165, 1.54) is 0 Å². The van der Waals surface area contributed by atoms with E-state index in [-0.39, 0.29) is 6.47 Å². The molecule has 0 atom stereocenters. The van der Waals surface area contributed by atoms with E-state index in [1.807, 2.05) is 14.1 Å². The minimum absolute atomic E-state index is 0.250. The summed E-state index contributed by atoms with van der Waals surface area (Å²) in [6, 6.07) is 0. The van der Waals surface area contributed by atoms with Crippen LogP contribution in [0.15, 0.2) is 0 Å². The molecule has 4 nitrogen and oxygen atoms in total. The molecule has 0 fully saturated rings. The lowest BCUT2D eigenvalue weighted by Crippen LogP contribution is -2.21. The molecule has 0 aliphatic heterocycles. The molecule has 0 aromatic heterocycles. The molecule has 0 saturated carbocycles. The first-order valence-electron chi connectivity index (χ1n) is 1.74. The third-order valence-electron chi connectivity index (χ3n) is 0.250. The largest absolute Gasteiger partial charge is 0.483 e. The SMILES string of the molecule is CNNC.O=CO. The minimum Gasteiger partial charge on any atom is -0.483 e. The Bertz CT molecular complexity index is 30.1. The first kappa shape index (κ1) is 9.63. The quantitative estimate of drug-likeness (QED) is 0.297. The smallest absolute Gasteiger partial charge is 0.290 e. The zero-order valence-electron chi connectivity index (χ0n) is 4.43. The van der Waals surface area contributed by atoms with Crippen LogP contribution in [0.3, 0.4) is 0 Å². The van der Waals surface area contributed by atoms with Gasteiger partial charge < -0.3 is 5.11 Å². The molecule has 0 aromatic carbocycles. The van der Waals surface area contributed by atoms with Crippen molar-refractivity contribution in [2.24, 2.45) is 0 Å². The van der Waals surface area contributed by atoms with Crippen molar-refractivity contribution in [3.05, 3.63) is 0 Å². The average Bonchev–Trinajstić information content (AvgIpc) is 1.69. The second-order valence-corrected chi connectivity index (χ2v) is 0.605. The fourth-order valence-electron chi connectivity index (χ4n) is 0. The molecule has 0 saturated heterocycles. The fourth-order valence-corrected chi connectivity index (χ4v) is 0. The van der Waals surface area contributed by atoms with Crippen LogP contribution in [0.4, 0.5) is 0 Å². The fraction of sp³-hybridized carbons (Fsp3) is 0.667. The molecule has 4 heteroatoms. The van der Waals surface area contributed by atoms with Gasteiger partial charge >= 0.3 is 0 Å². The van der Waals surface area contributed by atoms with Crippen molar-refractivity contribution in [3.8, 4) is 0 Å². The molecule has 0 bridgehead atoms. The normalized spacial score (nSPS) is 6.00. The van der Waals surface area contributed by atoms with E-state index >= 15 is 0 Å². The van der Waals surface area contributed by atoms with Gasteiger partial charge in [-0.1, -0.05) is 0 Å². The van der Waals surface area contributed by atoms with E-state index in [4.69, 9.17) is 9.90 Å². The van der Waals surface area contributed by atoms with Crippen LogP contribution in [0.2, 0.25) is 0 Å². The van der Waals surface area contributed by atoms with Crippen LogP contribution in [-0.4, -0.2) is 25.7 Å². The van der Waals surface area contributed by atoms with E-state index in [0.29, 0.717) is 0 Å². The van der Waals surface area contributed by atoms with Crippen molar-refractivity contribution in [1.29, 1.82) is 0 Å². The van der Waals surface area contributed by atoms with E-state index in [2.05, 4.69) is 10.9 Å². The maximum atomic E-state index is 8.36. The van der Waals surface area contributed by atoms with Crippen LogP contribution in [0.1, 0.15) is 0 Å². The van der Waals surface area contributed by atoms with Gasteiger partial charge in [0.2, 0.25) is 0 Å². The van der Waals surface area contributed by atoms with Crippen LogP contribution in [0.5, 0.6) is 0 Å². The van der Waals surface area contributed by atoms with Gasteiger partial charge in [-0.2, -0.15) is 0 Å². The van der Waals surface area contributed by atoms with Gasteiger partial charge in [-0.25, -0.2) is 0 Å². The van der Waals surface area contributed by atoms with E-state index in [0.717, 1.165) is 0 Å². The topological polar surface area (TPSA) is 61.4 Å². The molecule has 0 unspecified atom stereocenters. The summed E-state index contributed by atoms with van der Waals surface area (Å²) in [5, 5.41) is 6.89. The summed E-state index contributed by atoms with van der Waals surface area (Å²) in [5.41, 5.74) is 5.36. The number of hydrogen-bond donors (Lipinski definition) is 3. The molecule has 0 spiro atoms. The van der Waals surface area contributed by atoms with Crippen molar-refractivity contribution >= 4 is 6.47 Å². The Labute approximate surface area is 42.5 Å². The zero-order valence-corrected chi connectivity index (χ0v) is 4.43. The first-order valence-corrected chi connectivity index (χ1v) is 1.74. The molecule has 0 rings (SSSR count). The molecule has 7 heavy (non-hydrogen) atoms. The van der Waals surface area contributed by atoms with Gasteiger partial charge in [-0.05, 0) is 14.1 Å². The van der Waals surface area contributed by atoms with E-state index < -0.39 is 0 Å². The molecule has 0 aliphatic carbocycles. The average molecular weight is 106 g/mol. The van der Waals surface area contributed by atoms with Gasteiger partial charge in [0.15, 0.2) is 0 Å². The summed E-state index contributed by atoms with van der Waals surface area (Å²) in [6.07, 6.45) is 0. The van der Waals surface area contributed by atoms with Crippen LogP contribution in [0, 0.1) is 0 Å². The Morgan fingerprint density at radius 2 is 1.57 bits per heavy atom. The molecule has 0 amide bonds. The number of carboxylic acid groups (broad SMARTS) is 1. The summed E-state index contributed by atoms with van der Waals surface area (Å²) in [5.74, 6) is 0. The molecule has 3 N–H and O–H groups in total. The van der Waals surface area contributed by atoms with Gasteiger partial charge in [0.05, 0.1) is 0 Å². The molecule has 44 valence electrons. The maximum absolute atomic E-state index is 8.36. The summed E-state index contributed by atoms with van der Waals surface area (Å²) in [6.45, 7) is -0.250. The monoisotopic (exact) mass is 106 g/mol. The van der Waals surface area contributed by atoms with Gasteiger partial charge in [-0.15, -0.1) is 0 Å². The summed E-state index contributed by atoms with van der Waals surface area (Å²) >= 11 is 0. The summed E-state index contributed by atoms with van der Waals surface area (Å²) < 4.78 is 0. The number of carbonyl (C=O) groups is 1. The van der Waals surface area contributed by atoms with Crippen molar-refractivity contribution in [1.82, 2.24) is 10.9 Å². The van der Waals surface area contributed by atoms with Crippen molar-refractivity contribution in [3.63, 3.8) is 0 Å². The second-order valence-electron chi connectivity index (χ2n) is 0.605. The predicted octanol–water partition coefficient (Wildman–Crippen LogP) is -0.959. The highest BCUT2D eigenvalue weighted by molar-refractivity contribution is 5.32. The van der Waals surface area contributed by atoms with Crippen LogP contribution in [-0.2, 0) is 4.79 Å². The number of hydrazine groups is 1. The molecular weight excluding hydrogens is 96.0 g/mol. The standard InChI is InChI=1S/C2H8N2.CH2O2/c1-3-4-2;2-1-3/h3-4H,1-2H3;1H,(H,2,3). The van der Waals surface area contributed by atoms with Gasteiger partial charge in [-0.3, -0.25) is 15.6 Å². The third kappa shape index (κ3) is 407. The van der Waals surface area contributed by atoms with E-state index in [1.54, 1.807) is 0 Å². The Morgan fingerprint density at radius 3 is 1.57 bits per heavy atom. The first-order chi connectivity index (χ1) is 3.33. The molecule has 0 heterocycles. The van der Waals surface area contributed by atoms with Crippen molar-refractivity contribution in [2.75, 3.05) is 14.1 Å². The van der Waals surface area contributed by atoms with Crippen LogP contribution >= 0.6 is 0 Å². The highest BCUT2D eigenvalue weighted by Gasteiger charge is 1.44. The number of nitrogens with one attached hydrogen (secondary N) is 2. The molecular formula is C3H10N2O2. The van der Waals surface area contributed by atoms with Crippen LogP contribution < -0.4 is 10.9 Å². The summed E-state index contributed by atoms with van der Waals surface area (Å²) in [4.78, 5) is 8.36. The Morgan fingerprint density at radius 1 is 1.43 bits per heavy atom. The summed E-state index contributed by atoms with van der Waals surface area (Å²) in [7, 11) is 3.64. The molecule has 0 radical (unpaired) electrons. The Hall–Kier alpha value is -0.610. The minimum atomic E-state index is -0.250. The van der Waals surface area contributed by atoms with Gasteiger partial charge in [0.1, 0.15) is 0 Å². The van der Waals surface area contributed by atoms with Gasteiger partial charge in [0, 0.05) is 0 Å². The van der Waals surface area contributed by atoms with Crippen LogP contribution in [0.25, 0.3) is 0 Å². The molecule has 0 aliphatic rings. The lowest BCUT2D eigenvalue weighted by atomic mass is 11.4. The Balaban J connectivity index is 0. The highest BCUT2D eigenvalue weighted by Crippen LogP contribution is 1.07. The van der Waals surface area contributed by atoms with Crippen molar-refractivity contribution in [2.45, 2.75) is 0 Å². The maximum Gasteiger partial charge on any atom is 0.290 e. The lowest BCUT2D eigenvalue weighted by Gasteiger charge is -1.81. The lowest BCUT2D eigenvalue weighted by molar-refractivity contribution is -0.122. The van der Waals surface area contributed by atoms with E-state index in [9.17, 15) is 0 Å². The molecule has 0 aromatic rings. The zero-order chi connectivity index (χ0) is 6.12. The Kier molecular flexibility index (Phi) is 25.0.